The molecule has 1 aliphatic heterocycles. The Hall–Kier alpha value is -2.11. The van der Waals surface area contributed by atoms with Gasteiger partial charge >= 0.3 is 12.1 Å². The molecule has 0 saturated carbocycles. The molecule has 108 valence electrons. The average Bonchev–Trinajstić information content (AvgIpc) is 2.78. The molecule has 1 N–H and O–H groups in total. The Morgan fingerprint density at radius 1 is 1.35 bits per heavy atom. The van der Waals surface area contributed by atoms with Crippen LogP contribution in [-0.2, 0) is 16.1 Å². The summed E-state index contributed by atoms with van der Waals surface area (Å²) in [5, 5.41) is 8.64. The molecule has 0 aromatic heterocycles. The Morgan fingerprint density at radius 2 is 2.05 bits per heavy atom. The first-order valence-corrected chi connectivity index (χ1v) is 6.35. The van der Waals surface area contributed by atoms with E-state index in [4.69, 9.17) is 9.84 Å². The zero-order valence-corrected chi connectivity index (χ0v) is 10.9. The summed E-state index contributed by atoms with van der Waals surface area (Å²) in [6, 6.07) is 9.16. The lowest BCUT2D eigenvalue weighted by atomic mass is 10.0. The summed E-state index contributed by atoms with van der Waals surface area (Å²) in [6.45, 7) is 0.0682. The van der Waals surface area contributed by atoms with E-state index in [1.807, 2.05) is 30.3 Å². The molecule has 1 fully saturated rings. The van der Waals surface area contributed by atoms with E-state index in [9.17, 15) is 14.0 Å². The molecule has 0 aliphatic carbocycles. The number of hydrogen-bond donors (Lipinski definition) is 1. The van der Waals surface area contributed by atoms with E-state index in [0.717, 1.165) is 5.56 Å². The van der Waals surface area contributed by atoms with Crippen molar-refractivity contribution in [3.63, 3.8) is 0 Å². The van der Waals surface area contributed by atoms with Crippen LogP contribution < -0.4 is 0 Å². The van der Waals surface area contributed by atoms with Gasteiger partial charge in [0.25, 0.3) is 0 Å². The summed E-state index contributed by atoms with van der Waals surface area (Å²) < 4.78 is 19.2. The summed E-state index contributed by atoms with van der Waals surface area (Å²) in [7, 11) is 0. The molecule has 0 bridgehead atoms. The number of halogens is 1. The SMILES string of the molecule is O=C(O)CC1(F)CCN(C(=O)OCc2ccccc2)C1. The predicted octanol–water partition coefficient (Wildman–Crippen LogP) is 2.21. The molecule has 1 amide bonds. The highest BCUT2D eigenvalue weighted by Gasteiger charge is 2.42. The van der Waals surface area contributed by atoms with Gasteiger partial charge in [-0.15, -0.1) is 0 Å². The molecule has 1 saturated heterocycles. The molecule has 1 aromatic carbocycles. The van der Waals surface area contributed by atoms with Crippen LogP contribution in [0.3, 0.4) is 0 Å². The van der Waals surface area contributed by atoms with Gasteiger partial charge in [0.1, 0.15) is 12.3 Å². The fourth-order valence-electron chi connectivity index (χ4n) is 2.22. The van der Waals surface area contributed by atoms with E-state index in [0.29, 0.717) is 0 Å². The number of carbonyl (C=O) groups excluding carboxylic acids is 1. The van der Waals surface area contributed by atoms with Crippen LogP contribution in [0.1, 0.15) is 18.4 Å². The average molecular weight is 281 g/mol. The second-order valence-corrected chi connectivity index (χ2v) is 4.93. The van der Waals surface area contributed by atoms with E-state index in [1.54, 1.807) is 0 Å². The first kappa shape index (κ1) is 14.3. The fourth-order valence-corrected chi connectivity index (χ4v) is 2.22. The Labute approximate surface area is 116 Å². The maximum Gasteiger partial charge on any atom is 0.410 e. The standard InChI is InChI=1S/C14H16FNO4/c15-14(8-12(17)18)6-7-16(10-14)13(19)20-9-11-4-2-1-3-5-11/h1-5H,6-10H2,(H,17,18). The van der Waals surface area contributed by atoms with E-state index < -0.39 is 24.2 Å². The topological polar surface area (TPSA) is 66.8 Å². The monoisotopic (exact) mass is 281 g/mol. The van der Waals surface area contributed by atoms with Crippen LogP contribution in [0.2, 0.25) is 0 Å². The normalized spacial score (nSPS) is 21.8. The van der Waals surface area contributed by atoms with Crippen molar-refractivity contribution in [3.8, 4) is 0 Å². The summed E-state index contributed by atoms with van der Waals surface area (Å²) in [5.41, 5.74) is -1.01. The number of hydrogen-bond acceptors (Lipinski definition) is 3. The Kier molecular flexibility index (Phi) is 4.22. The molecule has 0 radical (unpaired) electrons. The van der Waals surface area contributed by atoms with Gasteiger partial charge in [0, 0.05) is 13.0 Å². The van der Waals surface area contributed by atoms with Crippen LogP contribution >= 0.6 is 0 Å². The molecule has 1 aliphatic rings. The Bertz CT molecular complexity index is 493. The van der Waals surface area contributed by atoms with Crippen molar-refractivity contribution in [2.24, 2.45) is 0 Å². The van der Waals surface area contributed by atoms with E-state index >= 15 is 0 Å². The second-order valence-electron chi connectivity index (χ2n) is 4.93. The van der Waals surface area contributed by atoms with Gasteiger partial charge in [0.2, 0.25) is 0 Å². The highest BCUT2D eigenvalue weighted by molar-refractivity contribution is 5.70. The Morgan fingerprint density at radius 3 is 2.70 bits per heavy atom. The molecule has 2 rings (SSSR count). The van der Waals surface area contributed by atoms with Crippen molar-refractivity contribution >= 4 is 12.1 Å². The third-order valence-corrected chi connectivity index (χ3v) is 3.24. The minimum Gasteiger partial charge on any atom is -0.481 e. The predicted molar refractivity (Wildman–Crippen MR) is 68.9 cm³/mol. The summed E-state index contributed by atoms with van der Waals surface area (Å²) >= 11 is 0. The number of ether oxygens (including phenoxy) is 1. The van der Waals surface area contributed by atoms with Crippen LogP contribution in [0.4, 0.5) is 9.18 Å². The van der Waals surface area contributed by atoms with Crippen molar-refractivity contribution in [1.29, 1.82) is 0 Å². The molecule has 0 spiro atoms. The van der Waals surface area contributed by atoms with Crippen molar-refractivity contribution < 1.29 is 23.8 Å². The number of carboxylic acids is 1. The third-order valence-electron chi connectivity index (χ3n) is 3.24. The maximum atomic E-state index is 14.1. The van der Waals surface area contributed by atoms with Crippen molar-refractivity contribution in [3.05, 3.63) is 35.9 Å². The minimum absolute atomic E-state index is 0.0275. The van der Waals surface area contributed by atoms with E-state index in [1.165, 1.54) is 4.90 Å². The third kappa shape index (κ3) is 3.69. The Balaban J connectivity index is 1.84. The number of alkyl halides is 1. The summed E-state index contributed by atoms with van der Waals surface area (Å²) in [4.78, 5) is 23.6. The molecule has 6 heteroatoms. The number of carboxylic acid groups (broad SMARTS) is 1. The number of nitrogens with zero attached hydrogens (tertiary/aromatic N) is 1. The summed E-state index contributed by atoms with van der Waals surface area (Å²) in [5.74, 6) is -1.20. The molecule has 5 nitrogen and oxygen atoms in total. The number of amides is 1. The molecule has 1 atom stereocenters. The van der Waals surface area contributed by atoms with Crippen LogP contribution in [0, 0.1) is 0 Å². The number of benzene rings is 1. The molecule has 1 unspecified atom stereocenters. The highest BCUT2D eigenvalue weighted by atomic mass is 19.1. The molecule has 1 aromatic rings. The number of likely N-dealkylation sites (tertiary alicyclic amines) is 1. The van der Waals surface area contributed by atoms with Gasteiger partial charge in [0.15, 0.2) is 0 Å². The van der Waals surface area contributed by atoms with E-state index in [-0.39, 0.29) is 26.1 Å². The minimum atomic E-state index is -1.85. The molecule has 20 heavy (non-hydrogen) atoms. The first-order chi connectivity index (χ1) is 9.48. The van der Waals surface area contributed by atoms with Crippen LogP contribution in [0.25, 0.3) is 0 Å². The fraction of sp³-hybridized carbons (Fsp3) is 0.429. The van der Waals surface area contributed by atoms with Crippen LogP contribution in [0.15, 0.2) is 30.3 Å². The van der Waals surface area contributed by atoms with Gasteiger partial charge in [-0.3, -0.25) is 4.79 Å². The van der Waals surface area contributed by atoms with Gasteiger partial charge in [-0.2, -0.15) is 0 Å². The zero-order valence-electron chi connectivity index (χ0n) is 10.9. The lowest BCUT2D eigenvalue weighted by Gasteiger charge is -2.19. The largest absolute Gasteiger partial charge is 0.481 e. The maximum absolute atomic E-state index is 14.1. The highest BCUT2D eigenvalue weighted by Crippen LogP contribution is 2.29. The lowest BCUT2D eigenvalue weighted by Crippen LogP contribution is -2.35. The van der Waals surface area contributed by atoms with Gasteiger partial charge in [-0.25, -0.2) is 9.18 Å². The quantitative estimate of drug-likeness (QED) is 0.918. The summed E-state index contributed by atoms with van der Waals surface area (Å²) in [6.07, 6.45) is -1.17. The van der Waals surface area contributed by atoms with Gasteiger partial charge < -0.3 is 14.7 Å². The first-order valence-electron chi connectivity index (χ1n) is 6.35. The smallest absolute Gasteiger partial charge is 0.410 e. The number of carbonyl (C=O) groups is 2. The van der Waals surface area contributed by atoms with Gasteiger partial charge in [-0.1, -0.05) is 30.3 Å². The van der Waals surface area contributed by atoms with Gasteiger partial charge in [-0.05, 0) is 5.56 Å². The number of rotatable bonds is 4. The second kappa shape index (κ2) is 5.90. The lowest BCUT2D eigenvalue weighted by molar-refractivity contribution is -0.140. The van der Waals surface area contributed by atoms with E-state index in [2.05, 4.69) is 0 Å². The van der Waals surface area contributed by atoms with Gasteiger partial charge in [0.05, 0.1) is 13.0 Å². The van der Waals surface area contributed by atoms with Crippen LogP contribution in [0.5, 0.6) is 0 Å². The molecular weight excluding hydrogens is 265 g/mol. The molecule has 1 heterocycles. The van der Waals surface area contributed by atoms with Crippen molar-refractivity contribution in [2.45, 2.75) is 25.1 Å². The van der Waals surface area contributed by atoms with Crippen molar-refractivity contribution in [2.75, 3.05) is 13.1 Å². The molecular formula is C14H16FNO4. The van der Waals surface area contributed by atoms with Crippen molar-refractivity contribution in [1.82, 2.24) is 4.90 Å². The van der Waals surface area contributed by atoms with Crippen LogP contribution in [-0.4, -0.2) is 40.8 Å². The number of aliphatic carboxylic acids is 1. The zero-order chi connectivity index (χ0) is 14.6.